The standard InChI is InChI=1S/C15H15ClN2O2S/c1-18(14-7-6-11-4-2-3-5-13(11)14)21(19,20)12-8-9-17-15(16)10-12/h2-5,8-10,14H,6-7H2,1H3. The minimum Gasteiger partial charge on any atom is -0.244 e. The molecule has 1 atom stereocenters. The highest BCUT2D eigenvalue weighted by Gasteiger charge is 2.33. The number of halogens is 1. The van der Waals surface area contributed by atoms with E-state index >= 15 is 0 Å². The number of pyridine rings is 1. The Labute approximate surface area is 129 Å². The predicted molar refractivity (Wildman–Crippen MR) is 81.7 cm³/mol. The molecule has 0 saturated heterocycles. The predicted octanol–water partition coefficient (Wildman–Crippen LogP) is 3.04. The molecule has 1 heterocycles. The van der Waals surface area contributed by atoms with E-state index in [4.69, 9.17) is 11.6 Å². The summed E-state index contributed by atoms with van der Waals surface area (Å²) in [4.78, 5) is 4.00. The zero-order valence-corrected chi connectivity index (χ0v) is 13.1. The molecule has 3 rings (SSSR count). The second-order valence-electron chi connectivity index (χ2n) is 5.09. The van der Waals surface area contributed by atoms with Crippen LogP contribution in [-0.4, -0.2) is 24.8 Å². The Bertz CT molecular complexity index is 777. The molecule has 2 aromatic rings. The summed E-state index contributed by atoms with van der Waals surface area (Å²) in [5.41, 5.74) is 2.31. The van der Waals surface area contributed by atoms with Crippen molar-refractivity contribution in [1.29, 1.82) is 0 Å². The van der Waals surface area contributed by atoms with Crippen LogP contribution >= 0.6 is 11.6 Å². The molecule has 0 radical (unpaired) electrons. The molecule has 0 bridgehead atoms. The summed E-state index contributed by atoms with van der Waals surface area (Å²) >= 11 is 5.80. The first kappa shape index (κ1) is 14.5. The maximum absolute atomic E-state index is 12.7. The van der Waals surface area contributed by atoms with Gasteiger partial charge in [-0.25, -0.2) is 13.4 Å². The van der Waals surface area contributed by atoms with Gasteiger partial charge in [-0.3, -0.25) is 0 Å². The highest BCUT2D eigenvalue weighted by atomic mass is 35.5. The number of benzene rings is 1. The SMILES string of the molecule is CN(C1CCc2ccccc21)S(=O)(=O)c1ccnc(Cl)c1. The highest BCUT2D eigenvalue weighted by molar-refractivity contribution is 7.89. The van der Waals surface area contributed by atoms with Crippen LogP contribution in [0.4, 0.5) is 0 Å². The fourth-order valence-corrected chi connectivity index (χ4v) is 4.41. The lowest BCUT2D eigenvalue weighted by Gasteiger charge is -2.24. The number of rotatable bonds is 3. The number of fused-ring (bicyclic) bond motifs is 1. The van der Waals surface area contributed by atoms with Gasteiger partial charge in [0.1, 0.15) is 5.15 Å². The van der Waals surface area contributed by atoms with Gasteiger partial charge in [-0.15, -0.1) is 0 Å². The zero-order valence-electron chi connectivity index (χ0n) is 11.5. The van der Waals surface area contributed by atoms with Gasteiger partial charge in [0.05, 0.1) is 10.9 Å². The van der Waals surface area contributed by atoms with Crippen molar-refractivity contribution < 1.29 is 8.42 Å². The van der Waals surface area contributed by atoms with Crippen LogP contribution in [-0.2, 0) is 16.4 Å². The van der Waals surface area contributed by atoms with Crippen LogP contribution in [0, 0.1) is 0 Å². The van der Waals surface area contributed by atoms with E-state index in [2.05, 4.69) is 11.1 Å². The van der Waals surface area contributed by atoms with Crippen LogP contribution in [0.15, 0.2) is 47.5 Å². The summed E-state index contributed by atoms with van der Waals surface area (Å²) in [6.07, 6.45) is 3.11. The van der Waals surface area contributed by atoms with Crippen molar-refractivity contribution in [3.8, 4) is 0 Å². The largest absolute Gasteiger partial charge is 0.244 e. The maximum Gasteiger partial charge on any atom is 0.243 e. The molecule has 1 unspecified atom stereocenters. The third kappa shape index (κ3) is 2.57. The highest BCUT2D eigenvalue weighted by Crippen LogP contribution is 2.37. The van der Waals surface area contributed by atoms with Crippen LogP contribution < -0.4 is 0 Å². The first-order valence-corrected chi connectivity index (χ1v) is 8.49. The molecule has 1 aliphatic carbocycles. The van der Waals surface area contributed by atoms with Crippen LogP contribution in [0.3, 0.4) is 0 Å². The Morgan fingerprint density at radius 1 is 1.29 bits per heavy atom. The summed E-state index contributed by atoms with van der Waals surface area (Å²) in [7, 11) is -1.96. The summed E-state index contributed by atoms with van der Waals surface area (Å²) in [5.74, 6) is 0. The molecule has 0 N–H and O–H groups in total. The van der Waals surface area contributed by atoms with Gasteiger partial charge in [0, 0.05) is 13.2 Å². The van der Waals surface area contributed by atoms with Gasteiger partial charge in [-0.05, 0) is 36.1 Å². The van der Waals surface area contributed by atoms with Crippen molar-refractivity contribution >= 4 is 21.6 Å². The molecule has 21 heavy (non-hydrogen) atoms. The molecule has 0 spiro atoms. The lowest BCUT2D eigenvalue weighted by molar-refractivity contribution is 0.374. The van der Waals surface area contributed by atoms with Crippen LogP contribution in [0.5, 0.6) is 0 Å². The molecular weight excluding hydrogens is 308 g/mol. The van der Waals surface area contributed by atoms with E-state index in [0.717, 1.165) is 18.4 Å². The molecule has 110 valence electrons. The number of aryl methyl sites for hydroxylation is 1. The van der Waals surface area contributed by atoms with Gasteiger partial charge in [-0.1, -0.05) is 35.9 Å². The van der Waals surface area contributed by atoms with Gasteiger partial charge in [0.2, 0.25) is 10.0 Å². The average Bonchev–Trinajstić information content (AvgIpc) is 2.90. The van der Waals surface area contributed by atoms with E-state index in [1.165, 1.54) is 28.2 Å². The Morgan fingerprint density at radius 2 is 2.05 bits per heavy atom. The fourth-order valence-electron chi connectivity index (χ4n) is 2.79. The van der Waals surface area contributed by atoms with Gasteiger partial charge >= 0.3 is 0 Å². The molecule has 1 aromatic carbocycles. The van der Waals surface area contributed by atoms with E-state index in [0.29, 0.717) is 0 Å². The van der Waals surface area contributed by atoms with Crippen LogP contribution in [0.25, 0.3) is 0 Å². The van der Waals surface area contributed by atoms with Crippen LogP contribution in [0.1, 0.15) is 23.6 Å². The number of hydrogen-bond acceptors (Lipinski definition) is 3. The molecule has 1 aliphatic rings. The number of sulfonamides is 1. The molecule has 0 saturated carbocycles. The summed E-state index contributed by atoms with van der Waals surface area (Å²) in [6.45, 7) is 0. The monoisotopic (exact) mass is 322 g/mol. The van der Waals surface area contributed by atoms with Crippen molar-refractivity contribution in [3.63, 3.8) is 0 Å². The minimum absolute atomic E-state index is 0.127. The Balaban J connectivity index is 1.97. The van der Waals surface area contributed by atoms with Crippen LogP contribution in [0.2, 0.25) is 5.15 Å². The third-order valence-corrected chi connectivity index (χ3v) is 5.98. The van der Waals surface area contributed by atoms with E-state index in [1.807, 2.05) is 18.2 Å². The van der Waals surface area contributed by atoms with Crippen molar-refractivity contribution in [2.24, 2.45) is 0 Å². The lowest BCUT2D eigenvalue weighted by Crippen LogP contribution is -2.30. The number of nitrogens with zero attached hydrogens (tertiary/aromatic N) is 2. The second-order valence-corrected chi connectivity index (χ2v) is 7.47. The fraction of sp³-hybridized carbons (Fsp3) is 0.267. The molecule has 0 amide bonds. The lowest BCUT2D eigenvalue weighted by atomic mass is 10.1. The van der Waals surface area contributed by atoms with E-state index in [9.17, 15) is 8.42 Å². The molecule has 0 aliphatic heterocycles. The van der Waals surface area contributed by atoms with E-state index < -0.39 is 10.0 Å². The molecular formula is C15H15ClN2O2S. The topological polar surface area (TPSA) is 50.3 Å². The quantitative estimate of drug-likeness (QED) is 0.816. The molecule has 4 nitrogen and oxygen atoms in total. The van der Waals surface area contributed by atoms with Crippen molar-refractivity contribution in [1.82, 2.24) is 9.29 Å². The van der Waals surface area contributed by atoms with Crippen molar-refractivity contribution in [2.45, 2.75) is 23.8 Å². The van der Waals surface area contributed by atoms with Gasteiger partial charge in [0.25, 0.3) is 0 Å². The summed E-state index contributed by atoms with van der Waals surface area (Å²) in [6, 6.07) is 10.7. The summed E-state index contributed by atoms with van der Waals surface area (Å²) in [5, 5.41) is 0.177. The second kappa shape index (κ2) is 5.40. The molecule has 1 aromatic heterocycles. The molecule has 6 heteroatoms. The number of aromatic nitrogens is 1. The first-order valence-electron chi connectivity index (χ1n) is 6.67. The number of hydrogen-bond donors (Lipinski definition) is 0. The maximum atomic E-state index is 12.7. The average molecular weight is 323 g/mol. The van der Waals surface area contributed by atoms with E-state index in [-0.39, 0.29) is 16.1 Å². The molecule has 0 fully saturated rings. The smallest absolute Gasteiger partial charge is 0.243 e. The van der Waals surface area contributed by atoms with Gasteiger partial charge in [-0.2, -0.15) is 4.31 Å². The van der Waals surface area contributed by atoms with Gasteiger partial charge in [0.15, 0.2) is 0 Å². The third-order valence-electron chi connectivity index (χ3n) is 3.92. The Kier molecular flexibility index (Phi) is 3.73. The van der Waals surface area contributed by atoms with E-state index in [1.54, 1.807) is 7.05 Å². The summed E-state index contributed by atoms with van der Waals surface area (Å²) < 4.78 is 26.9. The first-order chi connectivity index (χ1) is 10.00. The zero-order chi connectivity index (χ0) is 15.0. The van der Waals surface area contributed by atoms with Crippen molar-refractivity contribution in [3.05, 3.63) is 58.9 Å². The Hall–Kier alpha value is -1.43. The van der Waals surface area contributed by atoms with Crippen molar-refractivity contribution in [2.75, 3.05) is 7.05 Å². The normalized spacial score (nSPS) is 18.0. The van der Waals surface area contributed by atoms with Gasteiger partial charge < -0.3 is 0 Å². The minimum atomic E-state index is -3.58. The Morgan fingerprint density at radius 3 is 2.81 bits per heavy atom.